The number of carbonyl (C=O) groups excluding carboxylic acids is 2. The zero-order valence-corrected chi connectivity index (χ0v) is 23.2. The van der Waals surface area contributed by atoms with Crippen LogP contribution in [0.3, 0.4) is 0 Å². The lowest BCUT2D eigenvalue weighted by Gasteiger charge is -2.25. The largest absolute Gasteiger partial charge is 0.457 e. The molecular formula is C32H26ClF4NO3. The third-order valence-corrected chi connectivity index (χ3v) is 6.94. The summed E-state index contributed by atoms with van der Waals surface area (Å²) in [5.41, 5.74) is -2.13. The fourth-order valence-corrected chi connectivity index (χ4v) is 4.52. The van der Waals surface area contributed by atoms with E-state index in [9.17, 15) is 27.2 Å². The van der Waals surface area contributed by atoms with Gasteiger partial charge in [-0.1, -0.05) is 48.0 Å². The van der Waals surface area contributed by atoms with Gasteiger partial charge in [-0.25, -0.2) is 4.39 Å². The molecule has 1 amide bonds. The zero-order chi connectivity index (χ0) is 29.9. The second-order valence-electron chi connectivity index (χ2n) is 9.78. The lowest BCUT2D eigenvalue weighted by Crippen LogP contribution is -2.35. The molecule has 4 aromatic carbocycles. The average Bonchev–Trinajstić information content (AvgIpc) is 2.91. The molecule has 212 valence electrons. The van der Waals surface area contributed by atoms with Crippen LogP contribution >= 0.6 is 11.6 Å². The topological polar surface area (TPSA) is 55.4 Å². The van der Waals surface area contributed by atoms with Gasteiger partial charge in [-0.15, -0.1) is 0 Å². The van der Waals surface area contributed by atoms with Crippen LogP contribution in [0.2, 0.25) is 5.02 Å². The van der Waals surface area contributed by atoms with Crippen LogP contribution in [-0.2, 0) is 12.1 Å². The molecular weight excluding hydrogens is 558 g/mol. The molecule has 4 nitrogen and oxygen atoms in total. The van der Waals surface area contributed by atoms with E-state index in [4.69, 9.17) is 16.3 Å². The summed E-state index contributed by atoms with van der Waals surface area (Å²) < 4.78 is 60.6. The van der Waals surface area contributed by atoms with Crippen molar-refractivity contribution in [2.24, 2.45) is 0 Å². The van der Waals surface area contributed by atoms with Crippen LogP contribution in [0.5, 0.6) is 11.5 Å². The maximum Gasteiger partial charge on any atom is 0.426 e. The molecule has 1 unspecified atom stereocenters. The van der Waals surface area contributed by atoms with Crippen molar-refractivity contribution in [1.29, 1.82) is 0 Å². The van der Waals surface area contributed by atoms with Gasteiger partial charge in [-0.2, -0.15) is 13.2 Å². The van der Waals surface area contributed by atoms with Gasteiger partial charge < -0.3 is 10.1 Å². The quantitative estimate of drug-likeness (QED) is 0.166. The molecule has 0 aliphatic heterocycles. The van der Waals surface area contributed by atoms with Gasteiger partial charge in [0, 0.05) is 22.7 Å². The predicted octanol–water partition coefficient (Wildman–Crippen LogP) is 9.17. The van der Waals surface area contributed by atoms with Crippen LogP contribution in [0.15, 0.2) is 84.9 Å². The number of aryl methyl sites for hydroxylation is 2. The number of amides is 1. The van der Waals surface area contributed by atoms with Crippen molar-refractivity contribution < 1.29 is 31.9 Å². The van der Waals surface area contributed by atoms with Gasteiger partial charge in [0.15, 0.2) is 5.78 Å². The summed E-state index contributed by atoms with van der Waals surface area (Å²) in [6.45, 7) is 3.55. The Kier molecular flexibility index (Phi) is 8.54. The molecule has 41 heavy (non-hydrogen) atoms. The van der Waals surface area contributed by atoms with E-state index in [-0.39, 0.29) is 17.7 Å². The first-order chi connectivity index (χ1) is 19.3. The third-order valence-electron chi connectivity index (χ3n) is 6.70. The maximum absolute atomic E-state index is 14.7. The number of ketones is 1. The van der Waals surface area contributed by atoms with Gasteiger partial charge in [0.05, 0.1) is 5.56 Å². The summed E-state index contributed by atoms with van der Waals surface area (Å²) in [6.07, 6.45) is -5.29. The Morgan fingerprint density at radius 1 is 0.854 bits per heavy atom. The number of Topliss-reactive ketones (excluding diaryl/α,β-unsaturated/α-hetero) is 1. The number of rotatable bonds is 8. The van der Waals surface area contributed by atoms with Crippen LogP contribution in [0, 0.1) is 13.8 Å². The fraction of sp³-hybridized carbons (Fsp3) is 0.188. The Labute approximate surface area is 239 Å². The number of anilines is 1. The fourth-order valence-electron chi connectivity index (χ4n) is 4.33. The van der Waals surface area contributed by atoms with E-state index >= 15 is 0 Å². The summed E-state index contributed by atoms with van der Waals surface area (Å²) in [5.74, 6) is -0.151. The monoisotopic (exact) mass is 583 g/mol. The minimum atomic E-state index is -5.09. The van der Waals surface area contributed by atoms with Crippen molar-refractivity contribution >= 4 is 29.0 Å². The Morgan fingerprint density at radius 3 is 2.12 bits per heavy atom. The first kappa shape index (κ1) is 29.8. The van der Waals surface area contributed by atoms with E-state index in [2.05, 4.69) is 5.32 Å². The molecule has 0 aromatic heterocycles. The van der Waals surface area contributed by atoms with Crippen molar-refractivity contribution in [1.82, 2.24) is 0 Å². The SMILES string of the molecule is Cc1cc(C(C)(F)C(F)(F)F)cc(C)c1CC(=O)c1cc(NC(=O)c2cccc(Cl)c2)ccc1Oc1ccccc1. The molecule has 1 atom stereocenters. The van der Waals surface area contributed by atoms with E-state index in [0.717, 1.165) is 12.1 Å². The summed E-state index contributed by atoms with van der Waals surface area (Å²) in [5, 5.41) is 3.13. The van der Waals surface area contributed by atoms with Gasteiger partial charge >= 0.3 is 6.18 Å². The molecule has 0 saturated heterocycles. The lowest BCUT2D eigenvalue weighted by molar-refractivity contribution is -0.228. The highest BCUT2D eigenvalue weighted by Gasteiger charge is 2.53. The summed E-state index contributed by atoms with van der Waals surface area (Å²) in [7, 11) is 0. The Balaban J connectivity index is 1.68. The van der Waals surface area contributed by atoms with E-state index in [1.807, 2.05) is 6.07 Å². The molecule has 0 heterocycles. The molecule has 9 heteroatoms. The second-order valence-corrected chi connectivity index (χ2v) is 10.2. The smallest absolute Gasteiger partial charge is 0.426 e. The highest BCUT2D eigenvalue weighted by Crippen LogP contribution is 2.43. The van der Waals surface area contributed by atoms with Gasteiger partial charge in [0.25, 0.3) is 5.91 Å². The number of benzene rings is 4. The summed E-state index contributed by atoms with van der Waals surface area (Å²) >= 11 is 6.00. The molecule has 1 N–H and O–H groups in total. The first-order valence-corrected chi connectivity index (χ1v) is 13.0. The number of hydrogen-bond donors (Lipinski definition) is 1. The molecule has 0 saturated carbocycles. The van der Waals surface area contributed by atoms with Gasteiger partial charge in [0.1, 0.15) is 11.5 Å². The van der Waals surface area contributed by atoms with Crippen molar-refractivity contribution in [2.75, 3.05) is 5.32 Å². The molecule has 0 spiro atoms. The number of ether oxygens (including phenoxy) is 1. The Bertz CT molecular complexity index is 1580. The van der Waals surface area contributed by atoms with Crippen LogP contribution < -0.4 is 10.1 Å². The predicted molar refractivity (Wildman–Crippen MR) is 151 cm³/mol. The zero-order valence-electron chi connectivity index (χ0n) is 22.4. The third kappa shape index (κ3) is 6.77. The average molecular weight is 584 g/mol. The molecule has 0 bridgehead atoms. The van der Waals surface area contributed by atoms with E-state index in [1.165, 1.54) is 26.0 Å². The lowest BCUT2D eigenvalue weighted by atomic mass is 9.88. The molecule has 0 fully saturated rings. The standard InChI is InChI=1S/C32H26ClF4NO3/c1-19-14-22(31(3,34)32(35,36)37)15-20(2)26(19)18-28(39)27-17-24(38-30(40)21-8-7-9-23(33)16-21)12-13-29(27)41-25-10-5-4-6-11-25/h4-17H,18H2,1-3H3,(H,38,40). The molecule has 0 aliphatic carbocycles. The normalized spacial score (nSPS) is 12.9. The van der Waals surface area contributed by atoms with Crippen molar-refractivity contribution in [3.05, 3.63) is 123 Å². The minimum Gasteiger partial charge on any atom is -0.457 e. The van der Waals surface area contributed by atoms with E-state index in [1.54, 1.807) is 54.6 Å². The van der Waals surface area contributed by atoms with Crippen molar-refractivity contribution in [3.8, 4) is 11.5 Å². The van der Waals surface area contributed by atoms with Gasteiger partial charge in [-0.3, -0.25) is 9.59 Å². The van der Waals surface area contributed by atoms with Crippen LogP contribution in [0.1, 0.15) is 49.9 Å². The molecule has 4 rings (SSSR count). The second kappa shape index (κ2) is 11.7. The minimum absolute atomic E-state index is 0.145. The maximum atomic E-state index is 14.7. The highest BCUT2D eigenvalue weighted by molar-refractivity contribution is 6.31. The number of carbonyl (C=O) groups is 2. The van der Waals surface area contributed by atoms with Crippen molar-refractivity contribution in [2.45, 2.75) is 39.0 Å². The molecule has 4 aromatic rings. The molecule has 0 aliphatic rings. The van der Waals surface area contributed by atoms with Crippen molar-refractivity contribution in [3.63, 3.8) is 0 Å². The number of halogens is 5. The van der Waals surface area contributed by atoms with E-state index < -0.39 is 29.1 Å². The first-order valence-electron chi connectivity index (χ1n) is 12.6. The molecule has 0 radical (unpaired) electrons. The highest BCUT2D eigenvalue weighted by atomic mass is 35.5. The number of nitrogens with one attached hydrogen (secondary N) is 1. The number of para-hydroxylation sites is 1. The van der Waals surface area contributed by atoms with Gasteiger partial charge in [0.2, 0.25) is 5.67 Å². The summed E-state index contributed by atoms with van der Waals surface area (Å²) in [4.78, 5) is 26.4. The van der Waals surface area contributed by atoms with E-state index in [0.29, 0.717) is 45.6 Å². The summed E-state index contributed by atoms with van der Waals surface area (Å²) in [6, 6.07) is 22.0. The van der Waals surface area contributed by atoms with Gasteiger partial charge in [-0.05, 0) is 91.6 Å². The van der Waals surface area contributed by atoms with Crippen LogP contribution in [0.25, 0.3) is 0 Å². The number of hydrogen-bond acceptors (Lipinski definition) is 3. The van der Waals surface area contributed by atoms with Crippen LogP contribution in [0.4, 0.5) is 23.2 Å². The Hall–Kier alpha value is -4.17. The number of alkyl halides is 4. The van der Waals surface area contributed by atoms with Crippen LogP contribution in [-0.4, -0.2) is 17.9 Å². The Morgan fingerprint density at radius 2 is 1.51 bits per heavy atom.